The molecule has 0 saturated carbocycles. The van der Waals surface area contributed by atoms with Crippen LogP contribution in [0.4, 0.5) is 5.69 Å². The van der Waals surface area contributed by atoms with Crippen LogP contribution in [-0.2, 0) is 6.54 Å². The molecule has 21 heavy (non-hydrogen) atoms. The Bertz CT molecular complexity index is 693. The van der Waals surface area contributed by atoms with Crippen LogP contribution in [0.15, 0.2) is 59.1 Å². The topological polar surface area (TPSA) is 60.2 Å². The van der Waals surface area contributed by atoms with Crippen molar-refractivity contribution in [3.8, 4) is 17.1 Å². The molecule has 0 radical (unpaired) electrons. The van der Waals surface area contributed by atoms with Gasteiger partial charge in [-0.05, 0) is 24.3 Å². The molecule has 0 saturated heterocycles. The molecule has 106 valence electrons. The Balaban J connectivity index is 1.64. The number of ether oxygens (including phenoxy) is 1. The summed E-state index contributed by atoms with van der Waals surface area (Å²) in [7, 11) is 1.64. The van der Waals surface area contributed by atoms with Crippen LogP contribution in [0.2, 0.25) is 0 Å². The molecule has 5 heteroatoms. The third-order valence-corrected chi connectivity index (χ3v) is 3.03. The number of nitrogens with zero attached hydrogens (tertiary/aromatic N) is 2. The van der Waals surface area contributed by atoms with Crippen molar-refractivity contribution in [2.45, 2.75) is 6.54 Å². The van der Waals surface area contributed by atoms with E-state index >= 15 is 0 Å². The zero-order valence-corrected chi connectivity index (χ0v) is 11.6. The summed E-state index contributed by atoms with van der Waals surface area (Å²) in [5, 5.41) is 7.21. The van der Waals surface area contributed by atoms with Crippen molar-refractivity contribution < 1.29 is 9.26 Å². The first kappa shape index (κ1) is 13.2. The normalized spacial score (nSPS) is 10.3. The Kier molecular flexibility index (Phi) is 3.82. The largest absolute Gasteiger partial charge is 0.497 e. The summed E-state index contributed by atoms with van der Waals surface area (Å²) in [4.78, 5) is 4.36. The molecule has 1 aromatic heterocycles. The van der Waals surface area contributed by atoms with Gasteiger partial charge in [0.15, 0.2) is 0 Å². The van der Waals surface area contributed by atoms with Crippen molar-refractivity contribution in [2.24, 2.45) is 0 Å². The molecule has 0 atom stereocenters. The Hall–Kier alpha value is -2.82. The van der Waals surface area contributed by atoms with Gasteiger partial charge in [0.05, 0.1) is 13.7 Å². The minimum absolute atomic E-state index is 0.478. The van der Waals surface area contributed by atoms with Crippen LogP contribution in [0.1, 0.15) is 5.89 Å². The maximum absolute atomic E-state index is 5.24. The van der Waals surface area contributed by atoms with Crippen LogP contribution in [0, 0.1) is 0 Å². The Morgan fingerprint density at radius 2 is 1.81 bits per heavy atom. The number of anilines is 1. The van der Waals surface area contributed by atoms with Gasteiger partial charge in [0, 0.05) is 11.3 Å². The van der Waals surface area contributed by atoms with Crippen LogP contribution in [-0.4, -0.2) is 17.3 Å². The smallest absolute Gasteiger partial charge is 0.246 e. The number of hydrogen-bond acceptors (Lipinski definition) is 5. The summed E-state index contributed by atoms with van der Waals surface area (Å²) >= 11 is 0. The van der Waals surface area contributed by atoms with E-state index in [0.29, 0.717) is 18.3 Å². The molecule has 0 aliphatic carbocycles. The van der Waals surface area contributed by atoms with Gasteiger partial charge in [0.2, 0.25) is 11.7 Å². The minimum atomic E-state index is 0.478. The SMILES string of the molecule is COc1ccc(NCc2nc(-c3ccccc3)no2)cc1. The van der Waals surface area contributed by atoms with Gasteiger partial charge in [-0.25, -0.2) is 0 Å². The zero-order chi connectivity index (χ0) is 14.5. The van der Waals surface area contributed by atoms with E-state index in [0.717, 1.165) is 17.0 Å². The van der Waals surface area contributed by atoms with E-state index < -0.39 is 0 Å². The molecule has 2 aromatic carbocycles. The summed E-state index contributed by atoms with van der Waals surface area (Å²) in [6.45, 7) is 0.478. The maximum atomic E-state index is 5.24. The second kappa shape index (κ2) is 6.09. The number of aromatic nitrogens is 2. The van der Waals surface area contributed by atoms with Gasteiger partial charge in [-0.2, -0.15) is 4.98 Å². The van der Waals surface area contributed by atoms with Gasteiger partial charge < -0.3 is 14.6 Å². The Morgan fingerprint density at radius 3 is 2.52 bits per heavy atom. The lowest BCUT2D eigenvalue weighted by atomic mass is 10.2. The molecule has 0 bridgehead atoms. The number of methoxy groups -OCH3 is 1. The fraction of sp³-hybridized carbons (Fsp3) is 0.125. The molecule has 5 nitrogen and oxygen atoms in total. The molecule has 3 rings (SSSR count). The number of hydrogen-bond donors (Lipinski definition) is 1. The van der Waals surface area contributed by atoms with E-state index in [-0.39, 0.29) is 0 Å². The predicted molar refractivity (Wildman–Crippen MR) is 80.1 cm³/mol. The first-order valence-corrected chi connectivity index (χ1v) is 6.61. The van der Waals surface area contributed by atoms with Crippen LogP contribution >= 0.6 is 0 Å². The molecule has 0 fully saturated rings. The third kappa shape index (κ3) is 3.20. The molecule has 0 aliphatic rings. The van der Waals surface area contributed by atoms with Gasteiger partial charge in [-0.1, -0.05) is 35.5 Å². The molecule has 0 spiro atoms. The fourth-order valence-corrected chi connectivity index (χ4v) is 1.92. The molecule has 0 amide bonds. The van der Waals surface area contributed by atoms with Crippen LogP contribution in [0.25, 0.3) is 11.4 Å². The van der Waals surface area contributed by atoms with E-state index in [1.165, 1.54) is 0 Å². The molecule has 3 aromatic rings. The van der Waals surface area contributed by atoms with Gasteiger partial charge in [0.1, 0.15) is 5.75 Å². The summed E-state index contributed by atoms with van der Waals surface area (Å²) in [6.07, 6.45) is 0. The second-order valence-corrected chi connectivity index (χ2v) is 4.46. The second-order valence-electron chi connectivity index (χ2n) is 4.46. The number of nitrogens with one attached hydrogen (secondary N) is 1. The highest BCUT2D eigenvalue weighted by atomic mass is 16.5. The summed E-state index contributed by atoms with van der Waals surface area (Å²) in [5.74, 6) is 1.97. The molecule has 0 aliphatic heterocycles. The van der Waals surface area contributed by atoms with E-state index in [4.69, 9.17) is 9.26 Å². The van der Waals surface area contributed by atoms with Crippen LogP contribution < -0.4 is 10.1 Å². The lowest BCUT2D eigenvalue weighted by Crippen LogP contribution is -1.99. The van der Waals surface area contributed by atoms with Crippen molar-refractivity contribution in [1.29, 1.82) is 0 Å². The first-order chi connectivity index (χ1) is 10.3. The van der Waals surface area contributed by atoms with Crippen molar-refractivity contribution in [2.75, 3.05) is 12.4 Å². The zero-order valence-electron chi connectivity index (χ0n) is 11.6. The third-order valence-electron chi connectivity index (χ3n) is 3.03. The van der Waals surface area contributed by atoms with Gasteiger partial charge in [-0.3, -0.25) is 0 Å². The monoisotopic (exact) mass is 281 g/mol. The van der Waals surface area contributed by atoms with Gasteiger partial charge in [-0.15, -0.1) is 0 Å². The van der Waals surface area contributed by atoms with E-state index in [1.807, 2.05) is 54.6 Å². The average molecular weight is 281 g/mol. The Morgan fingerprint density at radius 1 is 1.05 bits per heavy atom. The van der Waals surface area contributed by atoms with Gasteiger partial charge >= 0.3 is 0 Å². The van der Waals surface area contributed by atoms with E-state index in [9.17, 15) is 0 Å². The van der Waals surface area contributed by atoms with E-state index in [2.05, 4.69) is 15.5 Å². The van der Waals surface area contributed by atoms with Crippen LogP contribution in [0.5, 0.6) is 5.75 Å². The maximum Gasteiger partial charge on any atom is 0.246 e. The summed E-state index contributed by atoms with van der Waals surface area (Å²) < 4.78 is 10.4. The highest BCUT2D eigenvalue weighted by Gasteiger charge is 2.07. The summed E-state index contributed by atoms with van der Waals surface area (Å²) in [6, 6.07) is 17.4. The van der Waals surface area contributed by atoms with E-state index in [1.54, 1.807) is 7.11 Å². The predicted octanol–water partition coefficient (Wildman–Crippen LogP) is 3.36. The highest BCUT2D eigenvalue weighted by Crippen LogP contribution is 2.17. The van der Waals surface area contributed by atoms with Gasteiger partial charge in [0.25, 0.3) is 0 Å². The lowest BCUT2D eigenvalue weighted by Gasteiger charge is -2.04. The minimum Gasteiger partial charge on any atom is -0.497 e. The molecule has 1 heterocycles. The number of rotatable bonds is 5. The molecule has 0 unspecified atom stereocenters. The molecule has 1 N–H and O–H groups in total. The average Bonchev–Trinajstić information content (AvgIpc) is 3.03. The standard InChI is InChI=1S/C16H15N3O2/c1-20-14-9-7-13(8-10-14)17-11-15-18-16(19-21-15)12-5-3-2-4-6-12/h2-10,17H,11H2,1H3. The van der Waals surface area contributed by atoms with Crippen molar-refractivity contribution in [3.05, 3.63) is 60.5 Å². The lowest BCUT2D eigenvalue weighted by molar-refractivity contribution is 0.384. The fourth-order valence-electron chi connectivity index (χ4n) is 1.92. The van der Waals surface area contributed by atoms with Crippen molar-refractivity contribution in [1.82, 2.24) is 10.1 Å². The van der Waals surface area contributed by atoms with Crippen LogP contribution in [0.3, 0.4) is 0 Å². The van der Waals surface area contributed by atoms with Crippen molar-refractivity contribution >= 4 is 5.69 Å². The molecular formula is C16H15N3O2. The highest BCUT2D eigenvalue weighted by molar-refractivity contribution is 5.53. The molecular weight excluding hydrogens is 266 g/mol. The quantitative estimate of drug-likeness (QED) is 0.777. The number of benzene rings is 2. The van der Waals surface area contributed by atoms with Crippen molar-refractivity contribution in [3.63, 3.8) is 0 Å². The summed E-state index contributed by atoms with van der Waals surface area (Å²) in [5.41, 5.74) is 1.91. The Labute approximate surface area is 122 Å². The first-order valence-electron chi connectivity index (χ1n) is 6.61.